The van der Waals surface area contributed by atoms with Gasteiger partial charge in [0.25, 0.3) is 0 Å². The zero-order valence-corrected chi connectivity index (χ0v) is 29.6. The quantitative estimate of drug-likeness (QED) is 0.171. The first-order chi connectivity index (χ1) is 31.1. The van der Waals surface area contributed by atoms with Gasteiger partial charge in [-0.1, -0.05) is 152 Å². The van der Waals surface area contributed by atoms with Crippen molar-refractivity contribution in [3.05, 3.63) is 194 Å². The summed E-state index contributed by atoms with van der Waals surface area (Å²) in [6, 6.07) is 43.0. The summed E-state index contributed by atoms with van der Waals surface area (Å²) >= 11 is 0. The zero-order chi connectivity index (χ0) is 44.0. The second-order valence-electron chi connectivity index (χ2n) is 13.4. The van der Waals surface area contributed by atoms with Gasteiger partial charge in [-0.05, 0) is 64.7 Å². The molecular weight excluding hydrogens is 685 g/mol. The molecule has 0 amide bonds. The lowest BCUT2D eigenvalue weighted by Crippen LogP contribution is -2.04. The van der Waals surface area contributed by atoms with Gasteiger partial charge < -0.3 is 8.98 Å². The summed E-state index contributed by atoms with van der Waals surface area (Å²) in [6.07, 6.45) is 0. The molecule has 0 unspecified atom stereocenters. The zero-order valence-electron chi connectivity index (χ0n) is 37.6. The minimum absolute atomic E-state index is 0.0141. The molecule has 0 fully saturated rings. The normalized spacial score (nSPS) is 13.6. The van der Waals surface area contributed by atoms with Crippen molar-refractivity contribution >= 4 is 43.7 Å². The third kappa shape index (κ3) is 5.29. The first kappa shape index (κ1) is 24.6. The highest BCUT2D eigenvalue weighted by Gasteiger charge is 2.21. The molecule has 0 saturated heterocycles. The molecule has 0 N–H and O–H groups in total. The molecule has 11 aromatic rings. The Hall–Kier alpha value is -7.63. The van der Waals surface area contributed by atoms with Crippen molar-refractivity contribution < 1.29 is 15.4 Å². The number of furan rings is 1. The monoisotopic (exact) mass is 724 g/mol. The fourth-order valence-electron chi connectivity index (χ4n) is 7.54. The lowest BCUT2D eigenvalue weighted by Gasteiger charge is -2.16. The van der Waals surface area contributed by atoms with E-state index in [-0.39, 0.29) is 27.6 Å². The molecule has 3 aromatic heterocycles. The summed E-state index contributed by atoms with van der Waals surface area (Å²) < 4.78 is 79.5. The largest absolute Gasteiger partial charge is 0.456 e. The Morgan fingerprint density at radius 1 is 0.411 bits per heavy atom. The molecule has 3 heterocycles. The molecule has 0 spiro atoms. The van der Waals surface area contributed by atoms with Gasteiger partial charge in [0.15, 0.2) is 17.5 Å². The SMILES string of the molecule is [2H]c1c([2H])c([2H])c2c(c1[2H])c1c([2H])c([2H])c([2H])c([2H])c1n2-c1ccc(-c2cccc3oc4cc(-c5ccccc5)ccc4c23)cc1-c1nc(-c2ccccc2)nc(-c2ccccc2)n1. The van der Waals surface area contributed by atoms with Crippen LogP contribution in [0.3, 0.4) is 0 Å². The van der Waals surface area contributed by atoms with Gasteiger partial charge in [0, 0.05) is 38.2 Å². The number of para-hydroxylation sites is 2. The summed E-state index contributed by atoms with van der Waals surface area (Å²) in [7, 11) is 0. The van der Waals surface area contributed by atoms with E-state index in [1.54, 1.807) is 6.07 Å². The Balaban J connectivity index is 1.26. The molecule has 0 aliphatic heterocycles. The van der Waals surface area contributed by atoms with Gasteiger partial charge in [-0.2, -0.15) is 0 Å². The summed E-state index contributed by atoms with van der Waals surface area (Å²) in [4.78, 5) is 15.1. The molecular formula is C51H32N4O. The third-order valence-electron chi connectivity index (χ3n) is 10.1. The molecule has 0 radical (unpaired) electrons. The standard InChI is InChI=1S/C51H32N4O/c1-4-15-33(16-5-1)36-27-29-41-47(32-36)56-46-26-14-23-38(48(41)46)37-28-30-45(55-43-24-12-10-21-39(43)40-22-11-13-25-44(40)55)42(31-37)51-53-49(34-17-6-2-7-18-34)52-50(54-51)35-19-8-3-9-20-35/h1-32H/i10D,11D,12D,13D,21D,22D,24D,25D. The van der Waals surface area contributed by atoms with Gasteiger partial charge in [0.2, 0.25) is 0 Å². The van der Waals surface area contributed by atoms with Crippen LogP contribution in [0.25, 0.3) is 106 Å². The third-order valence-corrected chi connectivity index (χ3v) is 10.1. The van der Waals surface area contributed by atoms with Gasteiger partial charge in [0.1, 0.15) is 11.2 Å². The molecule has 8 aromatic carbocycles. The molecule has 56 heavy (non-hydrogen) atoms. The maximum Gasteiger partial charge on any atom is 0.166 e. The number of nitrogens with zero attached hydrogens (tertiary/aromatic N) is 4. The molecule has 0 bridgehead atoms. The lowest BCUT2D eigenvalue weighted by atomic mass is 9.96. The van der Waals surface area contributed by atoms with Gasteiger partial charge in [-0.25, -0.2) is 15.0 Å². The molecule has 5 nitrogen and oxygen atoms in total. The van der Waals surface area contributed by atoms with E-state index in [0.717, 1.165) is 44.2 Å². The van der Waals surface area contributed by atoms with E-state index in [0.29, 0.717) is 34.1 Å². The van der Waals surface area contributed by atoms with Gasteiger partial charge in [-0.3, -0.25) is 0 Å². The molecule has 11 rings (SSSR count). The van der Waals surface area contributed by atoms with Crippen LogP contribution in [0.4, 0.5) is 0 Å². The van der Waals surface area contributed by atoms with Crippen molar-refractivity contribution in [1.82, 2.24) is 19.5 Å². The number of hydrogen-bond acceptors (Lipinski definition) is 4. The molecule has 0 atom stereocenters. The molecule has 0 aliphatic carbocycles. The van der Waals surface area contributed by atoms with Gasteiger partial charge in [0.05, 0.1) is 27.7 Å². The number of benzene rings is 8. The highest BCUT2D eigenvalue weighted by Crippen LogP contribution is 2.42. The first-order valence-electron chi connectivity index (χ1n) is 22.1. The maximum absolute atomic E-state index is 9.28. The fourth-order valence-corrected chi connectivity index (χ4v) is 7.54. The second kappa shape index (κ2) is 13.0. The van der Waals surface area contributed by atoms with Crippen LogP contribution >= 0.6 is 0 Å². The summed E-state index contributed by atoms with van der Waals surface area (Å²) in [5.41, 5.74) is 7.20. The Morgan fingerprint density at radius 3 is 1.62 bits per heavy atom. The fraction of sp³-hybridized carbons (Fsp3) is 0. The Bertz CT molecular complexity index is 3570. The van der Waals surface area contributed by atoms with Crippen LogP contribution in [0.2, 0.25) is 0 Å². The number of aromatic nitrogens is 4. The predicted octanol–water partition coefficient (Wildman–Crippen LogP) is 13.2. The van der Waals surface area contributed by atoms with E-state index in [2.05, 4.69) is 24.3 Å². The number of fused-ring (bicyclic) bond motifs is 6. The van der Waals surface area contributed by atoms with Crippen LogP contribution in [0.1, 0.15) is 11.0 Å². The lowest BCUT2D eigenvalue weighted by molar-refractivity contribution is 0.669. The van der Waals surface area contributed by atoms with Crippen LogP contribution in [0.15, 0.2) is 198 Å². The molecule has 262 valence electrons. The van der Waals surface area contributed by atoms with Crippen LogP contribution in [0.5, 0.6) is 0 Å². The number of hydrogen-bond donors (Lipinski definition) is 0. The summed E-state index contributed by atoms with van der Waals surface area (Å²) in [6.45, 7) is 0. The van der Waals surface area contributed by atoms with E-state index in [4.69, 9.17) is 27.6 Å². The average Bonchev–Trinajstić information content (AvgIpc) is 3.91. The molecule has 0 aliphatic rings. The minimum atomic E-state index is -0.520. The van der Waals surface area contributed by atoms with Crippen LogP contribution in [-0.2, 0) is 0 Å². The highest BCUT2D eigenvalue weighted by atomic mass is 16.3. The maximum atomic E-state index is 9.28. The Morgan fingerprint density at radius 2 is 0.982 bits per heavy atom. The minimum Gasteiger partial charge on any atom is -0.456 e. The average molecular weight is 725 g/mol. The van der Waals surface area contributed by atoms with Gasteiger partial charge in [-0.15, -0.1) is 0 Å². The summed E-state index contributed by atoms with van der Waals surface area (Å²) in [5.74, 6) is 0.978. The number of rotatable bonds is 6. The Kier molecular flexibility index (Phi) is 5.74. The van der Waals surface area contributed by atoms with Crippen LogP contribution in [-0.4, -0.2) is 19.5 Å². The highest BCUT2D eigenvalue weighted by molar-refractivity contribution is 6.14. The van der Waals surface area contributed by atoms with Gasteiger partial charge >= 0.3 is 0 Å². The van der Waals surface area contributed by atoms with Crippen molar-refractivity contribution in [3.63, 3.8) is 0 Å². The van der Waals surface area contributed by atoms with Crippen molar-refractivity contribution in [2.75, 3.05) is 0 Å². The van der Waals surface area contributed by atoms with Crippen LogP contribution in [0, 0.1) is 0 Å². The van der Waals surface area contributed by atoms with Crippen molar-refractivity contribution in [2.24, 2.45) is 0 Å². The second-order valence-corrected chi connectivity index (χ2v) is 13.4. The van der Waals surface area contributed by atoms with Crippen molar-refractivity contribution in [3.8, 4) is 62.1 Å². The molecule has 5 heteroatoms. The first-order valence-corrected chi connectivity index (χ1v) is 18.1. The van der Waals surface area contributed by atoms with E-state index >= 15 is 0 Å². The van der Waals surface area contributed by atoms with Crippen molar-refractivity contribution in [1.29, 1.82) is 0 Å². The predicted molar refractivity (Wildman–Crippen MR) is 229 cm³/mol. The Labute approximate surface area is 334 Å². The van der Waals surface area contributed by atoms with E-state index in [1.807, 2.05) is 115 Å². The van der Waals surface area contributed by atoms with E-state index in [1.165, 1.54) is 4.57 Å². The molecule has 0 saturated carbocycles. The summed E-state index contributed by atoms with van der Waals surface area (Å²) in [5, 5.41) is 1.72. The van der Waals surface area contributed by atoms with E-state index in [9.17, 15) is 2.74 Å². The van der Waals surface area contributed by atoms with Crippen molar-refractivity contribution in [2.45, 2.75) is 0 Å². The van der Waals surface area contributed by atoms with E-state index < -0.39 is 48.3 Å². The van der Waals surface area contributed by atoms with Crippen LogP contribution < -0.4 is 0 Å². The smallest absolute Gasteiger partial charge is 0.166 e. The topological polar surface area (TPSA) is 56.7 Å².